The van der Waals surface area contributed by atoms with E-state index in [-0.39, 0.29) is 18.4 Å². The summed E-state index contributed by atoms with van der Waals surface area (Å²) in [6.45, 7) is 2.82. The van der Waals surface area contributed by atoms with Crippen LogP contribution in [0.3, 0.4) is 0 Å². The van der Waals surface area contributed by atoms with Crippen LogP contribution in [0.1, 0.15) is 23.6 Å². The monoisotopic (exact) mass is 352 g/mol. The topological polar surface area (TPSA) is 58.6 Å². The van der Waals surface area contributed by atoms with Crippen LogP contribution in [0, 0.1) is 0 Å². The Kier molecular flexibility index (Phi) is 5.68. The number of carbonyl (C=O) groups is 2. The molecule has 3 rings (SSSR count). The van der Waals surface area contributed by atoms with Crippen LogP contribution >= 0.6 is 0 Å². The van der Waals surface area contributed by atoms with Crippen LogP contribution in [0.4, 0.5) is 11.4 Å². The van der Waals surface area contributed by atoms with E-state index in [1.54, 1.807) is 4.90 Å². The first-order chi connectivity index (χ1) is 12.6. The lowest BCUT2D eigenvalue weighted by atomic mass is 10.0. The third-order valence-corrected chi connectivity index (χ3v) is 4.68. The van der Waals surface area contributed by atoms with Crippen molar-refractivity contribution in [2.45, 2.75) is 26.2 Å². The summed E-state index contributed by atoms with van der Waals surface area (Å²) < 4.78 is 4.93. The summed E-state index contributed by atoms with van der Waals surface area (Å²) in [6.07, 6.45) is 2.06. The van der Waals surface area contributed by atoms with E-state index < -0.39 is 0 Å². The number of rotatable bonds is 6. The largest absolute Gasteiger partial charge is 0.375 e. The number of nitrogens with zero attached hydrogens (tertiary/aromatic N) is 1. The van der Waals surface area contributed by atoms with Crippen molar-refractivity contribution in [3.8, 4) is 0 Å². The number of carbonyl (C=O) groups excluding carboxylic acids is 2. The predicted molar refractivity (Wildman–Crippen MR) is 103 cm³/mol. The van der Waals surface area contributed by atoms with E-state index in [1.165, 1.54) is 12.7 Å². The molecule has 0 fully saturated rings. The van der Waals surface area contributed by atoms with Gasteiger partial charge in [-0.2, -0.15) is 0 Å². The standard InChI is InChI=1S/C21H24N2O3/c1-3-15-6-4-5-7-16(15)13-20(24)22-18-8-9-19-17(12-18)10-11-23(19)21(25)14-26-2/h4-9,12H,3,10-11,13-14H2,1-2H3,(H,22,24). The van der Waals surface area contributed by atoms with E-state index in [0.717, 1.165) is 35.3 Å². The van der Waals surface area contributed by atoms with Gasteiger partial charge in [0.1, 0.15) is 6.61 Å². The van der Waals surface area contributed by atoms with Gasteiger partial charge in [-0.3, -0.25) is 9.59 Å². The van der Waals surface area contributed by atoms with Gasteiger partial charge in [0, 0.05) is 25.0 Å². The van der Waals surface area contributed by atoms with E-state index >= 15 is 0 Å². The van der Waals surface area contributed by atoms with E-state index in [4.69, 9.17) is 4.74 Å². The molecule has 1 aliphatic heterocycles. The minimum Gasteiger partial charge on any atom is -0.375 e. The van der Waals surface area contributed by atoms with Crippen molar-refractivity contribution in [1.29, 1.82) is 0 Å². The summed E-state index contributed by atoms with van der Waals surface area (Å²) in [5.74, 6) is -0.0737. The van der Waals surface area contributed by atoms with Gasteiger partial charge in [0.15, 0.2) is 0 Å². The lowest BCUT2D eigenvalue weighted by Crippen LogP contribution is -2.31. The number of anilines is 2. The van der Waals surface area contributed by atoms with Crippen LogP contribution in [0.5, 0.6) is 0 Å². The number of hydrogen-bond acceptors (Lipinski definition) is 3. The van der Waals surface area contributed by atoms with Crippen molar-refractivity contribution in [2.24, 2.45) is 0 Å². The van der Waals surface area contributed by atoms with Crippen molar-refractivity contribution < 1.29 is 14.3 Å². The second-order valence-corrected chi connectivity index (χ2v) is 6.42. The summed E-state index contributed by atoms with van der Waals surface area (Å²) in [5.41, 5.74) is 5.00. The fourth-order valence-corrected chi connectivity index (χ4v) is 3.39. The van der Waals surface area contributed by atoms with Gasteiger partial charge >= 0.3 is 0 Å². The second-order valence-electron chi connectivity index (χ2n) is 6.42. The summed E-state index contributed by atoms with van der Waals surface area (Å²) in [5, 5.41) is 2.97. The van der Waals surface area contributed by atoms with E-state index in [0.29, 0.717) is 13.0 Å². The minimum atomic E-state index is -0.0424. The Morgan fingerprint density at radius 3 is 2.65 bits per heavy atom. The van der Waals surface area contributed by atoms with Crippen LogP contribution in [-0.4, -0.2) is 32.1 Å². The number of ether oxygens (including phenoxy) is 1. The average molecular weight is 352 g/mol. The Balaban J connectivity index is 1.68. The lowest BCUT2D eigenvalue weighted by Gasteiger charge is -2.17. The Morgan fingerprint density at radius 1 is 1.15 bits per heavy atom. The smallest absolute Gasteiger partial charge is 0.252 e. The molecule has 0 spiro atoms. The molecule has 1 N–H and O–H groups in total. The SMILES string of the molecule is CCc1ccccc1CC(=O)Nc1ccc2c(c1)CCN2C(=O)COC. The molecule has 2 amide bonds. The van der Waals surface area contributed by atoms with Gasteiger partial charge in [0.25, 0.3) is 5.91 Å². The molecule has 5 nitrogen and oxygen atoms in total. The first kappa shape index (κ1) is 18.1. The van der Waals surface area contributed by atoms with Crippen molar-refractivity contribution in [3.63, 3.8) is 0 Å². The maximum Gasteiger partial charge on any atom is 0.252 e. The molecular weight excluding hydrogens is 328 g/mol. The summed E-state index contributed by atoms with van der Waals surface area (Å²) >= 11 is 0. The normalized spacial score (nSPS) is 12.8. The molecule has 1 aliphatic rings. The third kappa shape index (κ3) is 3.94. The highest BCUT2D eigenvalue weighted by atomic mass is 16.5. The summed E-state index contributed by atoms with van der Waals surface area (Å²) in [6, 6.07) is 13.7. The quantitative estimate of drug-likeness (QED) is 0.869. The van der Waals surface area contributed by atoms with Gasteiger partial charge < -0.3 is 15.0 Å². The van der Waals surface area contributed by atoms with Gasteiger partial charge in [-0.1, -0.05) is 31.2 Å². The highest BCUT2D eigenvalue weighted by molar-refractivity contribution is 5.97. The van der Waals surface area contributed by atoms with Crippen LogP contribution in [0.25, 0.3) is 0 Å². The average Bonchev–Trinajstić information content (AvgIpc) is 3.05. The zero-order valence-electron chi connectivity index (χ0n) is 15.2. The Morgan fingerprint density at radius 2 is 1.92 bits per heavy atom. The fraction of sp³-hybridized carbons (Fsp3) is 0.333. The molecule has 26 heavy (non-hydrogen) atoms. The van der Waals surface area contributed by atoms with Gasteiger partial charge in [-0.25, -0.2) is 0 Å². The van der Waals surface area contributed by atoms with E-state index in [9.17, 15) is 9.59 Å². The molecule has 0 bridgehead atoms. The van der Waals surface area contributed by atoms with Gasteiger partial charge in [-0.15, -0.1) is 0 Å². The summed E-state index contributed by atoms with van der Waals surface area (Å²) in [7, 11) is 1.52. The maximum absolute atomic E-state index is 12.4. The number of nitrogens with one attached hydrogen (secondary N) is 1. The van der Waals surface area contributed by atoms with Gasteiger partial charge in [-0.05, 0) is 47.7 Å². The van der Waals surface area contributed by atoms with Crippen molar-refractivity contribution >= 4 is 23.2 Å². The minimum absolute atomic E-state index is 0.0313. The molecule has 0 atom stereocenters. The lowest BCUT2D eigenvalue weighted by molar-refractivity contribution is -0.122. The highest BCUT2D eigenvalue weighted by Gasteiger charge is 2.24. The van der Waals surface area contributed by atoms with E-state index in [1.807, 2.05) is 36.4 Å². The number of amides is 2. The number of benzene rings is 2. The molecule has 5 heteroatoms. The van der Waals surface area contributed by atoms with Gasteiger partial charge in [0.05, 0.1) is 6.42 Å². The van der Waals surface area contributed by atoms with Crippen molar-refractivity contribution in [2.75, 3.05) is 30.5 Å². The first-order valence-electron chi connectivity index (χ1n) is 8.91. The molecule has 2 aromatic carbocycles. The number of methoxy groups -OCH3 is 1. The number of aryl methyl sites for hydroxylation is 1. The van der Waals surface area contributed by atoms with Crippen LogP contribution < -0.4 is 10.2 Å². The van der Waals surface area contributed by atoms with Crippen molar-refractivity contribution in [3.05, 3.63) is 59.2 Å². The Hall–Kier alpha value is -2.66. The Labute approximate surface area is 154 Å². The molecule has 0 aliphatic carbocycles. The predicted octanol–water partition coefficient (Wildman–Crippen LogP) is 2.97. The number of fused-ring (bicyclic) bond motifs is 1. The maximum atomic E-state index is 12.4. The molecule has 1 heterocycles. The first-order valence-corrected chi connectivity index (χ1v) is 8.91. The third-order valence-electron chi connectivity index (χ3n) is 4.68. The molecular formula is C21H24N2O3. The molecule has 0 saturated carbocycles. The molecule has 136 valence electrons. The number of hydrogen-bond donors (Lipinski definition) is 1. The summed E-state index contributed by atoms with van der Waals surface area (Å²) in [4.78, 5) is 26.2. The zero-order valence-corrected chi connectivity index (χ0v) is 15.2. The van der Waals surface area contributed by atoms with Crippen LogP contribution in [0.2, 0.25) is 0 Å². The van der Waals surface area contributed by atoms with E-state index in [2.05, 4.69) is 18.3 Å². The molecule has 0 unspecified atom stereocenters. The Bertz CT molecular complexity index is 817. The van der Waals surface area contributed by atoms with Crippen LogP contribution in [0.15, 0.2) is 42.5 Å². The van der Waals surface area contributed by atoms with Crippen molar-refractivity contribution in [1.82, 2.24) is 0 Å². The molecule has 0 aromatic heterocycles. The molecule has 2 aromatic rings. The second kappa shape index (κ2) is 8.15. The van der Waals surface area contributed by atoms with Crippen LogP contribution in [-0.2, 0) is 33.6 Å². The molecule has 0 radical (unpaired) electrons. The fourth-order valence-electron chi connectivity index (χ4n) is 3.39. The molecule has 0 saturated heterocycles. The highest BCUT2D eigenvalue weighted by Crippen LogP contribution is 2.30. The zero-order chi connectivity index (χ0) is 18.5. The van der Waals surface area contributed by atoms with Gasteiger partial charge in [0.2, 0.25) is 5.91 Å².